The standard InChI is InChI=1S/C22H27NO4/c1-25-19-11-10-17(15-20(19)26-2)22(12-3-4-13-22)16-23-21(24)9-5-7-18-8-6-14-27-18/h5-8,10-11,14-15H,3-4,9,12-13,16H2,1-2H3,(H,23,24)/b7-5+. The van der Waals surface area contributed by atoms with Crippen LogP contribution in [0.15, 0.2) is 47.1 Å². The number of rotatable bonds is 8. The number of benzene rings is 1. The van der Waals surface area contributed by atoms with Gasteiger partial charge in [-0.05, 0) is 48.7 Å². The average Bonchev–Trinajstić information content (AvgIpc) is 3.38. The molecular weight excluding hydrogens is 342 g/mol. The van der Waals surface area contributed by atoms with Crippen LogP contribution in [0.3, 0.4) is 0 Å². The van der Waals surface area contributed by atoms with Gasteiger partial charge >= 0.3 is 0 Å². The molecule has 1 aliphatic rings. The lowest BCUT2D eigenvalue weighted by Crippen LogP contribution is -2.38. The number of carbonyl (C=O) groups excluding carboxylic acids is 1. The average molecular weight is 369 g/mol. The number of furan rings is 1. The number of methoxy groups -OCH3 is 2. The van der Waals surface area contributed by atoms with Crippen molar-refractivity contribution < 1.29 is 18.7 Å². The van der Waals surface area contributed by atoms with E-state index in [-0.39, 0.29) is 11.3 Å². The second kappa shape index (κ2) is 8.80. The maximum absolute atomic E-state index is 12.3. The molecule has 0 unspecified atom stereocenters. The van der Waals surface area contributed by atoms with Gasteiger partial charge in [-0.2, -0.15) is 0 Å². The molecule has 144 valence electrons. The highest BCUT2D eigenvalue weighted by Gasteiger charge is 2.36. The summed E-state index contributed by atoms with van der Waals surface area (Å²) in [6, 6.07) is 9.77. The fourth-order valence-electron chi connectivity index (χ4n) is 3.79. The molecule has 1 amide bonds. The molecule has 0 saturated heterocycles. The summed E-state index contributed by atoms with van der Waals surface area (Å²) >= 11 is 0. The molecule has 1 saturated carbocycles. The van der Waals surface area contributed by atoms with Crippen LogP contribution in [0.4, 0.5) is 0 Å². The Morgan fingerprint density at radius 3 is 2.63 bits per heavy atom. The normalized spacial score (nSPS) is 15.8. The van der Waals surface area contributed by atoms with E-state index in [1.54, 1.807) is 20.5 Å². The van der Waals surface area contributed by atoms with Crippen molar-refractivity contribution in [2.75, 3.05) is 20.8 Å². The van der Waals surface area contributed by atoms with Crippen LogP contribution in [0.1, 0.15) is 43.4 Å². The molecular formula is C22H27NO4. The summed E-state index contributed by atoms with van der Waals surface area (Å²) in [7, 11) is 3.29. The summed E-state index contributed by atoms with van der Waals surface area (Å²) in [5.41, 5.74) is 1.16. The lowest BCUT2D eigenvalue weighted by Gasteiger charge is -2.30. The van der Waals surface area contributed by atoms with Gasteiger partial charge in [0, 0.05) is 18.4 Å². The number of hydrogen-bond donors (Lipinski definition) is 1. The maximum Gasteiger partial charge on any atom is 0.223 e. The van der Waals surface area contributed by atoms with Gasteiger partial charge in [-0.15, -0.1) is 0 Å². The van der Waals surface area contributed by atoms with Crippen LogP contribution < -0.4 is 14.8 Å². The first-order valence-corrected chi connectivity index (χ1v) is 9.36. The van der Waals surface area contributed by atoms with E-state index in [1.165, 1.54) is 18.4 Å². The Morgan fingerprint density at radius 2 is 1.96 bits per heavy atom. The van der Waals surface area contributed by atoms with Gasteiger partial charge in [0.2, 0.25) is 5.91 Å². The molecule has 27 heavy (non-hydrogen) atoms. The summed E-state index contributed by atoms with van der Waals surface area (Å²) in [5.74, 6) is 2.22. The van der Waals surface area contributed by atoms with Crippen LogP contribution in [0.2, 0.25) is 0 Å². The Bertz CT molecular complexity index is 774. The molecule has 0 bridgehead atoms. The minimum Gasteiger partial charge on any atom is -0.493 e. The Hall–Kier alpha value is -2.69. The first-order chi connectivity index (χ1) is 13.2. The minimum atomic E-state index is -0.0417. The van der Waals surface area contributed by atoms with E-state index in [4.69, 9.17) is 13.9 Å². The molecule has 1 aliphatic carbocycles. The lowest BCUT2D eigenvalue weighted by atomic mass is 9.78. The third kappa shape index (κ3) is 4.54. The molecule has 1 aromatic carbocycles. The maximum atomic E-state index is 12.3. The van der Waals surface area contributed by atoms with Crippen molar-refractivity contribution in [3.8, 4) is 11.5 Å². The number of hydrogen-bond acceptors (Lipinski definition) is 4. The summed E-state index contributed by atoms with van der Waals surface area (Å²) < 4.78 is 16.0. The number of carbonyl (C=O) groups is 1. The summed E-state index contributed by atoms with van der Waals surface area (Å²) in [5, 5.41) is 3.12. The molecule has 5 heteroatoms. The van der Waals surface area contributed by atoms with E-state index in [0.717, 1.165) is 30.1 Å². The van der Waals surface area contributed by atoms with E-state index < -0.39 is 0 Å². The van der Waals surface area contributed by atoms with Gasteiger partial charge in [0.25, 0.3) is 0 Å². The van der Waals surface area contributed by atoms with E-state index >= 15 is 0 Å². The van der Waals surface area contributed by atoms with E-state index in [2.05, 4.69) is 11.4 Å². The first kappa shape index (κ1) is 19.1. The molecule has 3 rings (SSSR count). The fourth-order valence-corrected chi connectivity index (χ4v) is 3.79. The Labute approximate surface area is 160 Å². The second-order valence-corrected chi connectivity index (χ2v) is 6.96. The molecule has 0 atom stereocenters. The van der Waals surface area contributed by atoms with Crippen LogP contribution in [-0.4, -0.2) is 26.7 Å². The predicted octanol–water partition coefficient (Wildman–Crippen LogP) is 4.33. The van der Waals surface area contributed by atoms with E-state index in [0.29, 0.717) is 13.0 Å². The molecule has 1 N–H and O–H groups in total. The minimum absolute atomic E-state index is 0.0181. The van der Waals surface area contributed by atoms with Gasteiger partial charge in [0.15, 0.2) is 11.5 Å². The smallest absolute Gasteiger partial charge is 0.223 e. The summed E-state index contributed by atoms with van der Waals surface area (Å²) in [6.45, 7) is 0.635. The van der Waals surface area contributed by atoms with Crippen molar-refractivity contribution in [2.45, 2.75) is 37.5 Å². The Balaban J connectivity index is 1.65. The molecule has 0 aliphatic heterocycles. The summed E-state index contributed by atoms with van der Waals surface area (Å²) in [6.07, 6.45) is 10.1. The zero-order chi connectivity index (χ0) is 19.1. The van der Waals surface area contributed by atoms with Crippen molar-refractivity contribution in [1.29, 1.82) is 0 Å². The number of amides is 1. The van der Waals surface area contributed by atoms with Crippen molar-refractivity contribution in [1.82, 2.24) is 5.32 Å². The first-order valence-electron chi connectivity index (χ1n) is 9.36. The van der Waals surface area contributed by atoms with Gasteiger partial charge in [0.05, 0.1) is 20.5 Å². The van der Waals surface area contributed by atoms with Crippen LogP contribution in [0.5, 0.6) is 11.5 Å². The third-order valence-electron chi connectivity index (χ3n) is 5.31. The number of nitrogens with one attached hydrogen (secondary N) is 1. The van der Waals surface area contributed by atoms with Gasteiger partial charge in [-0.1, -0.05) is 25.0 Å². The van der Waals surface area contributed by atoms with Crippen molar-refractivity contribution >= 4 is 12.0 Å². The molecule has 1 heterocycles. The molecule has 2 aromatic rings. The van der Waals surface area contributed by atoms with E-state index in [1.807, 2.05) is 36.4 Å². The molecule has 5 nitrogen and oxygen atoms in total. The Kier molecular flexibility index (Phi) is 6.22. The zero-order valence-electron chi connectivity index (χ0n) is 16.0. The molecule has 1 aromatic heterocycles. The quantitative estimate of drug-likeness (QED) is 0.752. The topological polar surface area (TPSA) is 60.7 Å². The molecule has 0 radical (unpaired) electrons. The highest BCUT2D eigenvalue weighted by molar-refractivity contribution is 5.78. The van der Waals surface area contributed by atoms with Gasteiger partial charge in [-0.3, -0.25) is 4.79 Å². The predicted molar refractivity (Wildman–Crippen MR) is 105 cm³/mol. The summed E-state index contributed by atoms with van der Waals surface area (Å²) in [4.78, 5) is 12.3. The van der Waals surface area contributed by atoms with Gasteiger partial charge in [0.1, 0.15) is 5.76 Å². The Morgan fingerprint density at radius 1 is 1.19 bits per heavy atom. The fraction of sp³-hybridized carbons (Fsp3) is 0.409. The van der Waals surface area contributed by atoms with Crippen LogP contribution >= 0.6 is 0 Å². The molecule has 0 spiro atoms. The zero-order valence-corrected chi connectivity index (χ0v) is 16.0. The lowest BCUT2D eigenvalue weighted by molar-refractivity contribution is -0.120. The highest BCUT2D eigenvalue weighted by atomic mass is 16.5. The van der Waals surface area contributed by atoms with Crippen molar-refractivity contribution in [3.63, 3.8) is 0 Å². The van der Waals surface area contributed by atoms with Crippen LogP contribution in [0, 0.1) is 0 Å². The number of ether oxygens (including phenoxy) is 2. The van der Waals surface area contributed by atoms with Gasteiger partial charge < -0.3 is 19.2 Å². The van der Waals surface area contributed by atoms with Crippen LogP contribution in [0.25, 0.3) is 6.08 Å². The monoisotopic (exact) mass is 369 g/mol. The third-order valence-corrected chi connectivity index (χ3v) is 5.31. The highest BCUT2D eigenvalue weighted by Crippen LogP contribution is 2.43. The van der Waals surface area contributed by atoms with E-state index in [9.17, 15) is 4.79 Å². The van der Waals surface area contributed by atoms with Crippen molar-refractivity contribution in [3.05, 3.63) is 54.0 Å². The van der Waals surface area contributed by atoms with Gasteiger partial charge in [-0.25, -0.2) is 0 Å². The van der Waals surface area contributed by atoms with Crippen LogP contribution in [-0.2, 0) is 10.2 Å². The second-order valence-electron chi connectivity index (χ2n) is 6.96. The largest absolute Gasteiger partial charge is 0.493 e. The van der Waals surface area contributed by atoms with Crippen molar-refractivity contribution in [2.24, 2.45) is 0 Å². The SMILES string of the molecule is COc1ccc(C2(CNC(=O)C/C=C/c3ccco3)CCCC2)cc1OC. The molecule has 1 fully saturated rings.